The van der Waals surface area contributed by atoms with Gasteiger partial charge >= 0.3 is 0 Å². The topological polar surface area (TPSA) is 78.5 Å². The van der Waals surface area contributed by atoms with Crippen LogP contribution >= 0.6 is 0 Å². The zero-order valence-corrected chi connectivity index (χ0v) is 17.2. The summed E-state index contributed by atoms with van der Waals surface area (Å²) in [5.74, 6) is 0.957. The molecule has 2 heterocycles. The van der Waals surface area contributed by atoms with Gasteiger partial charge in [-0.15, -0.1) is 0 Å². The Morgan fingerprint density at radius 2 is 1.72 bits per heavy atom. The number of sulfone groups is 1. The molecule has 2 saturated heterocycles. The second-order valence-corrected chi connectivity index (χ2v) is 11.2. The number of carbonyl (C=O) groups is 1. The predicted molar refractivity (Wildman–Crippen MR) is 101 cm³/mol. The Balaban J connectivity index is 2.06. The van der Waals surface area contributed by atoms with Gasteiger partial charge in [-0.2, -0.15) is 0 Å². The van der Waals surface area contributed by atoms with Crippen molar-refractivity contribution in [1.29, 1.82) is 0 Å². The largest absolute Gasteiger partial charge is 0.353 e. The van der Waals surface area contributed by atoms with Crippen molar-refractivity contribution in [2.24, 2.45) is 11.8 Å². The minimum atomic E-state index is -3.46. The normalized spacial score (nSPS) is 28.5. The van der Waals surface area contributed by atoms with E-state index in [0.717, 1.165) is 13.1 Å². The molecule has 0 aliphatic carbocycles. The van der Waals surface area contributed by atoms with Gasteiger partial charge in [0.1, 0.15) is 0 Å². The molecule has 1 amide bonds. The zero-order chi connectivity index (χ0) is 18.9. The van der Waals surface area contributed by atoms with Crippen molar-refractivity contribution in [2.75, 3.05) is 39.0 Å². The summed E-state index contributed by atoms with van der Waals surface area (Å²) < 4.78 is 23.4. The van der Waals surface area contributed by atoms with Crippen molar-refractivity contribution >= 4 is 15.7 Å². The smallest absolute Gasteiger partial charge is 0.241 e. The highest BCUT2D eigenvalue weighted by Gasteiger charge is 2.49. The number of rotatable bonds is 5. The lowest BCUT2D eigenvalue weighted by Gasteiger charge is -2.45. The first kappa shape index (κ1) is 20.6. The maximum absolute atomic E-state index is 12.9. The van der Waals surface area contributed by atoms with Gasteiger partial charge in [0.25, 0.3) is 0 Å². The number of nitrogens with zero attached hydrogens (tertiary/aromatic N) is 1. The van der Waals surface area contributed by atoms with Crippen LogP contribution in [-0.2, 0) is 14.6 Å². The molecule has 0 bridgehead atoms. The van der Waals surface area contributed by atoms with E-state index in [1.807, 2.05) is 0 Å². The van der Waals surface area contributed by atoms with Gasteiger partial charge in [0, 0.05) is 31.4 Å². The lowest BCUT2D eigenvalue weighted by Crippen LogP contribution is -2.61. The van der Waals surface area contributed by atoms with Gasteiger partial charge in [-0.3, -0.25) is 9.69 Å². The number of hydrogen-bond acceptors (Lipinski definition) is 5. The maximum Gasteiger partial charge on any atom is 0.241 e. The van der Waals surface area contributed by atoms with E-state index in [1.165, 1.54) is 12.7 Å². The molecule has 2 atom stereocenters. The second kappa shape index (κ2) is 7.53. The minimum absolute atomic E-state index is 0.190. The number of amides is 1. The summed E-state index contributed by atoms with van der Waals surface area (Å²) in [6, 6.07) is 0. The first-order valence-corrected chi connectivity index (χ1v) is 11.3. The number of likely N-dealkylation sites (tertiary alicyclic amines) is 1. The highest BCUT2D eigenvalue weighted by atomic mass is 32.2. The van der Waals surface area contributed by atoms with Crippen molar-refractivity contribution in [3.63, 3.8) is 0 Å². The van der Waals surface area contributed by atoms with Crippen LogP contribution in [0.3, 0.4) is 0 Å². The molecule has 0 aromatic carbocycles. The van der Waals surface area contributed by atoms with E-state index >= 15 is 0 Å². The SMILES string of the molecule is CC1CC(C)CN(C(C)(C)CNC(=O)C2(S(C)(=O)=O)CCNCC2)C1. The summed E-state index contributed by atoms with van der Waals surface area (Å²) in [5, 5.41) is 6.13. The van der Waals surface area contributed by atoms with Crippen LogP contribution in [0, 0.1) is 11.8 Å². The van der Waals surface area contributed by atoms with Crippen molar-refractivity contribution in [3.05, 3.63) is 0 Å². The minimum Gasteiger partial charge on any atom is -0.353 e. The third kappa shape index (κ3) is 4.55. The predicted octanol–water partition coefficient (Wildman–Crippen LogP) is 1.03. The molecule has 2 fully saturated rings. The first-order chi connectivity index (χ1) is 11.5. The Morgan fingerprint density at radius 1 is 1.20 bits per heavy atom. The highest BCUT2D eigenvalue weighted by Crippen LogP contribution is 2.29. The maximum atomic E-state index is 12.9. The molecule has 2 unspecified atom stereocenters. The van der Waals surface area contributed by atoms with Crippen LogP contribution in [0.25, 0.3) is 0 Å². The molecule has 2 N–H and O–H groups in total. The standard InChI is InChI=1S/C18H35N3O3S/c1-14-10-15(2)12-21(11-14)17(3,4)13-20-16(22)18(25(5,23)24)6-8-19-9-7-18/h14-15,19H,6-13H2,1-5H3,(H,20,22). The van der Waals surface area contributed by atoms with Gasteiger partial charge in [0.05, 0.1) is 0 Å². The Labute approximate surface area is 153 Å². The molecule has 0 saturated carbocycles. The van der Waals surface area contributed by atoms with Crippen LogP contribution in [0.2, 0.25) is 0 Å². The fourth-order valence-corrected chi connectivity index (χ4v) is 5.68. The third-order valence-corrected chi connectivity index (χ3v) is 7.95. The van der Waals surface area contributed by atoms with E-state index in [2.05, 4.69) is 43.2 Å². The summed E-state index contributed by atoms with van der Waals surface area (Å²) in [4.78, 5) is 15.3. The molecule has 7 heteroatoms. The number of piperidine rings is 2. The lowest BCUT2D eigenvalue weighted by atomic mass is 9.87. The number of hydrogen-bond donors (Lipinski definition) is 2. The number of carbonyl (C=O) groups excluding carboxylic acids is 1. The van der Waals surface area contributed by atoms with Crippen molar-refractivity contribution in [3.8, 4) is 0 Å². The number of nitrogens with one attached hydrogen (secondary N) is 2. The third-order valence-electron chi connectivity index (χ3n) is 5.94. The van der Waals surface area contributed by atoms with Gasteiger partial charge < -0.3 is 10.6 Å². The van der Waals surface area contributed by atoms with Crippen LogP contribution < -0.4 is 10.6 Å². The average Bonchev–Trinajstić information content (AvgIpc) is 2.51. The fourth-order valence-electron chi connectivity index (χ4n) is 4.32. The molecule has 25 heavy (non-hydrogen) atoms. The molecular formula is C18H35N3O3S. The summed E-state index contributed by atoms with van der Waals surface area (Å²) in [5.41, 5.74) is -0.190. The Kier molecular flexibility index (Phi) is 6.22. The quantitative estimate of drug-likeness (QED) is 0.752. The van der Waals surface area contributed by atoms with Gasteiger partial charge in [-0.1, -0.05) is 13.8 Å². The van der Waals surface area contributed by atoms with Crippen LogP contribution in [-0.4, -0.2) is 68.5 Å². The monoisotopic (exact) mass is 373 g/mol. The first-order valence-electron chi connectivity index (χ1n) is 9.41. The van der Waals surface area contributed by atoms with Gasteiger partial charge in [-0.05, 0) is 58.0 Å². The lowest BCUT2D eigenvalue weighted by molar-refractivity contribution is -0.125. The molecule has 2 aliphatic rings. The highest BCUT2D eigenvalue weighted by molar-refractivity contribution is 7.92. The van der Waals surface area contributed by atoms with Crippen LogP contribution in [0.4, 0.5) is 0 Å². The van der Waals surface area contributed by atoms with Crippen molar-refractivity contribution in [2.45, 2.75) is 57.2 Å². The molecule has 6 nitrogen and oxygen atoms in total. The summed E-state index contributed by atoms with van der Waals surface area (Å²) in [6.07, 6.45) is 3.12. The molecule has 2 rings (SSSR count). The van der Waals surface area contributed by atoms with Gasteiger partial charge in [-0.25, -0.2) is 8.42 Å². The summed E-state index contributed by atoms with van der Waals surface area (Å²) in [7, 11) is -3.46. The molecule has 0 aromatic heterocycles. The van der Waals surface area contributed by atoms with Crippen molar-refractivity contribution < 1.29 is 13.2 Å². The Morgan fingerprint density at radius 3 is 2.20 bits per heavy atom. The summed E-state index contributed by atoms with van der Waals surface area (Å²) in [6.45, 7) is 12.4. The van der Waals surface area contributed by atoms with E-state index in [4.69, 9.17) is 0 Å². The fraction of sp³-hybridized carbons (Fsp3) is 0.944. The molecule has 2 aliphatic heterocycles. The van der Waals surface area contributed by atoms with Crippen LogP contribution in [0.5, 0.6) is 0 Å². The van der Waals surface area contributed by atoms with E-state index in [9.17, 15) is 13.2 Å². The Hall–Kier alpha value is -0.660. The van der Waals surface area contributed by atoms with E-state index in [0.29, 0.717) is 44.3 Å². The molecule has 0 radical (unpaired) electrons. The molecule has 0 aromatic rings. The average molecular weight is 374 g/mol. The molecule has 0 spiro atoms. The van der Waals surface area contributed by atoms with Crippen molar-refractivity contribution in [1.82, 2.24) is 15.5 Å². The Bertz CT molecular complexity index is 572. The van der Waals surface area contributed by atoms with Crippen LogP contribution in [0.1, 0.15) is 47.0 Å². The van der Waals surface area contributed by atoms with Crippen LogP contribution in [0.15, 0.2) is 0 Å². The zero-order valence-electron chi connectivity index (χ0n) is 16.4. The van der Waals surface area contributed by atoms with E-state index < -0.39 is 14.6 Å². The van der Waals surface area contributed by atoms with E-state index in [-0.39, 0.29) is 11.4 Å². The molecule has 146 valence electrons. The molecular weight excluding hydrogens is 338 g/mol. The van der Waals surface area contributed by atoms with Gasteiger partial charge in [0.2, 0.25) is 5.91 Å². The van der Waals surface area contributed by atoms with Gasteiger partial charge in [0.15, 0.2) is 14.6 Å². The van der Waals surface area contributed by atoms with E-state index in [1.54, 1.807) is 0 Å². The summed E-state index contributed by atoms with van der Waals surface area (Å²) >= 11 is 0. The second-order valence-electron chi connectivity index (χ2n) is 8.86.